The van der Waals surface area contributed by atoms with E-state index in [0.717, 1.165) is 57.3 Å². The molecule has 0 aromatic heterocycles. The third kappa shape index (κ3) is 8.24. The number of likely N-dealkylation sites (tertiary alicyclic amines) is 1. The third-order valence-corrected chi connectivity index (χ3v) is 9.35. The van der Waals surface area contributed by atoms with Crippen molar-refractivity contribution in [2.75, 3.05) is 26.8 Å². The molecule has 1 heterocycles. The average molecular weight is 639 g/mol. The van der Waals surface area contributed by atoms with Crippen molar-refractivity contribution in [3.63, 3.8) is 0 Å². The van der Waals surface area contributed by atoms with Gasteiger partial charge in [0.2, 0.25) is 5.91 Å². The molecule has 1 amide bonds. The van der Waals surface area contributed by atoms with E-state index in [9.17, 15) is 18.4 Å². The van der Waals surface area contributed by atoms with Crippen LogP contribution >= 0.6 is 0 Å². The van der Waals surface area contributed by atoms with E-state index in [1.54, 1.807) is 6.07 Å². The van der Waals surface area contributed by atoms with Gasteiger partial charge in [-0.25, -0.2) is 13.6 Å². The molecule has 1 aliphatic carbocycles. The van der Waals surface area contributed by atoms with Gasteiger partial charge in [-0.1, -0.05) is 66.7 Å². The molecule has 1 aliphatic heterocycles. The second kappa shape index (κ2) is 14.9. The Balaban J connectivity index is 0.919. The molecular weight excluding hydrogens is 598 g/mol. The van der Waals surface area contributed by atoms with Gasteiger partial charge in [0.1, 0.15) is 22.9 Å². The van der Waals surface area contributed by atoms with E-state index in [4.69, 9.17) is 9.47 Å². The van der Waals surface area contributed by atoms with Crippen molar-refractivity contribution >= 4 is 11.9 Å². The summed E-state index contributed by atoms with van der Waals surface area (Å²) in [5, 5.41) is 2.82. The van der Waals surface area contributed by atoms with E-state index in [2.05, 4.69) is 52.7 Å². The van der Waals surface area contributed by atoms with E-state index < -0.39 is 17.6 Å². The second-order valence-corrected chi connectivity index (χ2v) is 12.6. The summed E-state index contributed by atoms with van der Waals surface area (Å²) in [6.45, 7) is 3.64. The normalized spacial score (nSPS) is 18.0. The molecule has 0 spiro atoms. The maximum atomic E-state index is 15.0. The Morgan fingerprint density at radius 1 is 0.872 bits per heavy atom. The lowest BCUT2D eigenvalue weighted by atomic mass is 9.90. The van der Waals surface area contributed by atoms with Gasteiger partial charge in [0.05, 0.1) is 13.7 Å². The minimum absolute atomic E-state index is 0.0220. The monoisotopic (exact) mass is 638 g/mol. The van der Waals surface area contributed by atoms with Crippen molar-refractivity contribution < 1.29 is 27.8 Å². The van der Waals surface area contributed by atoms with Crippen molar-refractivity contribution in [2.24, 2.45) is 17.8 Å². The molecule has 0 radical (unpaired) electrons. The number of hydrogen-bond donors (Lipinski definition) is 1. The summed E-state index contributed by atoms with van der Waals surface area (Å²) in [5.74, 6) is -0.791. The van der Waals surface area contributed by atoms with Crippen LogP contribution in [0.1, 0.15) is 46.3 Å². The van der Waals surface area contributed by atoms with Crippen LogP contribution in [0.25, 0.3) is 11.1 Å². The SMILES string of the molecule is COC(=O)c1c(F)cccc1-c1ccc(CNC(=O)C2CC2COc2ccc(CN3CCC(Cc4ccccc4)CC3)cc2)c(F)c1. The van der Waals surface area contributed by atoms with Gasteiger partial charge >= 0.3 is 5.97 Å². The van der Waals surface area contributed by atoms with Crippen LogP contribution in [0, 0.1) is 29.4 Å². The number of amides is 1. The first kappa shape index (κ1) is 32.4. The molecule has 2 unspecified atom stereocenters. The van der Waals surface area contributed by atoms with Gasteiger partial charge in [0, 0.05) is 30.5 Å². The molecule has 1 saturated carbocycles. The zero-order chi connectivity index (χ0) is 32.8. The van der Waals surface area contributed by atoms with Gasteiger partial charge in [0.25, 0.3) is 0 Å². The molecule has 6 nitrogen and oxygen atoms in total. The lowest BCUT2D eigenvalue weighted by Gasteiger charge is -2.32. The lowest BCUT2D eigenvalue weighted by Crippen LogP contribution is -2.33. The van der Waals surface area contributed by atoms with Gasteiger partial charge in [0.15, 0.2) is 0 Å². The van der Waals surface area contributed by atoms with Crippen molar-refractivity contribution in [3.8, 4) is 16.9 Å². The Morgan fingerprint density at radius 3 is 2.36 bits per heavy atom. The topological polar surface area (TPSA) is 67.9 Å². The van der Waals surface area contributed by atoms with E-state index in [0.29, 0.717) is 17.7 Å². The number of nitrogens with one attached hydrogen (secondary N) is 1. The highest BCUT2D eigenvalue weighted by Crippen LogP contribution is 2.39. The van der Waals surface area contributed by atoms with Crippen LogP contribution in [-0.2, 0) is 29.0 Å². The number of rotatable bonds is 12. The Labute approximate surface area is 274 Å². The molecule has 2 fully saturated rings. The van der Waals surface area contributed by atoms with Crippen molar-refractivity contribution in [1.29, 1.82) is 0 Å². The molecular formula is C39H40F2N2O4. The highest BCUT2D eigenvalue weighted by Gasteiger charge is 2.43. The molecule has 4 aromatic rings. The lowest BCUT2D eigenvalue weighted by molar-refractivity contribution is -0.122. The Bertz CT molecular complexity index is 1690. The zero-order valence-corrected chi connectivity index (χ0v) is 26.6. The highest BCUT2D eigenvalue weighted by atomic mass is 19.1. The molecule has 0 bridgehead atoms. The van der Waals surface area contributed by atoms with Crippen molar-refractivity contribution in [1.82, 2.24) is 10.2 Å². The van der Waals surface area contributed by atoms with Crippen LogP contribution in [0.15, 0.2) is 91.0 Å². The number of nitrogens with zero attached hydrogens (tertiary/aromatic N) is 1. The Hall–Kier alpha value is -4.56. The van der Waals surface area contributed by atoms with Gasteiger partial charge in [-0.05, 0) is 91.2 Å². The summed E-state index contributed by atoms with van der Waals surface area (Å²) in [5.41, 5.74) is 3.31. The van der Waals surface area contributed by atoms with Crippen LogP contribution in [0.5, 0.6) is 5.75 Å². The first-order valence-corrected chi connectivity index (χ1v) is 16.3. The number of esters is 1. The minimum atomic E-state index is -0.837. The van der Waals surface area contributed by atoms with Crippen molar-refractivity contribution in [3.05, 3.63) is 125 Å². The first-order valence-electron chi connectivity index (χ1n) is 16.3. The summed E-state index contributed by atoms with van der Waals surface area (Å²) in [7, 11) is 1.16. The molecule has 2 atom stereocenters. The maximum Gasteiger partial charge on any atom is 0.341 e. The predicted octanol–water partition coefficient (Wildman–Crippen LogP) is 7.20. The number of benzene rings is 4. The van der Waals surface area contributed by atoms with Gasteiger partial charge in [-0.3, -0.25) is 9.69 Å². The van der Waals surface area contributed by atoms with Crippen LogP contribution in [0.4, 0.5) is 8.78 Å². The van der Waals surface area contributed by atoms with Crippen LogP contribution in [0.3, 0.4) is 0 Å². The highest BCUT2D eigenvalue weighted by molar-refractivity contribution is 5.97. The number of carbonyl (C=O) groups is 2. The minimum Gasteiger partial charge on any atom is -0.493 e. The van der Waals surface area contributed by atoms with E-state index in [-0.39, 0.29) is 35.4 Å². The summed E-state index contributed by atoms with van der Waals surface area (Å²) >= 11 is 0. The Kier molecular flexibility index (Phi) is 10.3. The molecule has 2 aliphatic rings. The smallest absolute Gasteiger partial charge is 0.341 e. The van der Waals surface area contributed by atoms with Gasteiger partial charge in [-0.2, -0.15) is 0 Å². The molecule has 4 aromatic carbocycles. The second-order valence-electron chi connectivity index (χ2n) is 12.6. The fourth-order valence-corrected chi connectivity index (χ4v) is 6.45. The van der Waals surface area contributed by atoms with E-state index in [1.165, 1.54) is 48.2 Å². The molecule has 1 N–H and O–H groups in total. The average Bonchev–Trinajstić information content (AvgIpc) is 3.88. The summed E-state index contributed by atoms with van der Waals surface area (Å²) in [4.78, 5) is 27.4. The fraction of sp³-hybridized carbons (Fsp3) is 0.333. The first-order chi connectivity index (χ1) is 22.9. The van der Waals surface area contributed by atoms with Gasteiger partial charge in [-0.15, -0.1) is 0 Å². The molecule has 1 saturated heterocycles. The Morgan fingerprint density at radius 2 is 1.64 bits per heavy atom. The zero-order valence-electron chi connectivity index (χ0n) is 26.6. The van der Waals surface area contributed by atoms with E-state index >= 15 is 0 Å². The predicted molar refractivity (Wildman–Crippen MR) is 177 cm³/mol. The molecule has 6 rings (SSSR count). The van der Waals surface area contributed by atoms with Gasteiger partial charge < -0.3 is 14.8 Å². The quantitative estimate of drug-likeness (QED) is 0.166. The van der Waals surface area contributed by atoms with Crippen LogP contribution < -0.4 is 10.1 Å². The number of ether oxygens (including phenoxy) is 2. The fourth-order valence-electron chi connectivity index (χ4n) is 6.45. The number of methoxy groups -OCH3 is 1. The largest absolute Gasteiger partial charge is 0.493 e. The number of halogens is 2. The molecule has 8 heteroatoms. The van der Waals surface area contributed by atoms with Crippen LogP contribution in [0.2, 0.25) is 0 Å². The number of carbonyl (C=O) groups excluding carboxylic acids is 2. The summed E-state index contributed by atoms with van der Waals surface area (Å²) < 4.78 is 40.0. The molecule has 47 heavy (non-hydrogen) atoms. The van der Waals surface area contributed by atoms with Crippen LogP contribution in [-0.4, -0.2) is 43.6 Å². The third-order valence-electron chi connectivity index (χ3n) is 9.35. The molecule has 244 valence electrons. The van der Waals surface area contributed by atoms with Crippen molar-refractivity contribution in [2.45, 2.75) is 38.8 Å². The summed E-state index contributed by atoms with van der Waals surface area (Å²) in [6.07, 6.45) is 4.34. The maximum absolute atomic E-state index is 15.0. The number of hydrogen-bond acceptors (Lipinski definition) is 5. The number of piperidine rings is 1. The standard InChI is InChI=1S/C39H40F2N2O4/c1-46-39(45)37-33(8-5-9-35(37)40)29-12-13-30(36(41)22-29)23-42-38(44)34-21-31(34)25-47-32-14-10-28(11-15-32)24-43-18-16-27(17-19-43)20-26-6-3-2-4-7-26/h2-15,22,27,31,34H,16-21,23-25H2,1H3,(H,42,44). The summed E-state index contributed by atoms with van der Waals surface area (Å²) in [6, 6.07) is 27.5. The van der Waals surface area contributed by atoms with E-state index in [1.807, 2.05) is 12.1 Å².